The normalized spacial score (nSPS) is 14.0. The van der Waals surface area contributed by atoms with Gasteiger partial charge < -0.3 is 33.8 Å². The number of carbonyl (C=O) groups is 4. The van der Waals surface area contributed by atoms with Crippen LogP contribution in [0.4, 0.5) is 0 Å². The molecule has 0 fully saturated rings. The van der Waals surface area contributed by atoms with Gasteiger partial charge in [0.2, 0.25) is 0 Å². The highest BCUT2D eigenvalue weighted by Gasteiger charge is 2.30. The van der Waals surface area contributed by atoms with Crippen molar-refractivity contribution in [2.24, 2.45) is 17.8 Å². The first-order valence-corrected chi connectivity index (χ1v) is 44.8. The second kappa shape index (κ2) is 71.3. The molecule has 5 atom stereocenters. The van der Waals surface area contributed by atoms with Crippen molar-refractivity contribution in [2.75, 3.05) is 39.6 Å². The third-order valence-electron chi connectivity index (χ3n) is 18.9. The number of hydrogen-bond donors (Lipinski definition) is 3. The van der Waals surface area contributed by atoms with Crippen LogP contribution in [0.25, 0.3) is 0 Å². The summed E-state index contributed by atoms with van der Waals surface area (Å²) >= 11 is 0. The van der Waals surface area contributed by atoms with Gasteiger partial charge in [0.15, 0.2) is 12.2 Å². The van der Waals surface area contributed by atoms with E-state index in [1.165, 1.54) is 225 Å². The van der Waals surface area contributed by atoms with Gasteiger partial charge in [0.05, 0.1) is 26.4 Å². The summed E-state index contributed by atoms with van der Waals surface area (Å²) in [6.45, 7) is 11.9. The lowest BCUT2D eigenvalue weighted by molar-refractivity contribution is -0.161. The van der Waals surface area contributed by atoms with Crippen LogP contribution in [0.3, 0.4) is 0 Å². The standard InChI is InChI=1S/C81H158O17P2/c1-8-9-10-11-12-13-27-35-42-50-57-64-80(85)98-77(69-92-79(84)63-56-49-44-37-40-47-54-61-74(6)7)71-96-100(89,90)94-67-75(82)66-93-99(87,88)95-70-76(68-91-78(83)62-55-48-41-34-30-25-22-18-20-24-29-33-39-46-53-60-73(4)5)97-81(86)65-58-51-43-36-31-26-21-17-15-14-16-19-23-28-32-38-45-52-59-72(2)3/h72-77,82H,8-71H2,1-7H3,(H,87,88)(H,89,90)/t75-,76-,77-/m1/s1. The van der Waals surface area contributed by atoms with Gasteiger partial charge in [-0.1, -0.05) is 370 Å². The van der Waals surface area contributed by atoms with E-state index in [4.69, 9.17) is 37.0 Å². The topological polar surface area (TPSA) is 237 Å². The molecule has 0 aromatic carbocycles. The summed E-state index contributed by atoms with van der Waals surface area (Å²) in [5.41, 5.74) is 0. The van der Waals surface area contributed by atoms with E-state index in [9.17, 15) is 43.2 Å². The van der Waals surface area contributed by atoms with Crippen LogP contribution in [0.1, 0.15) is 421 Å². The number of ether oxygens (including phenoxy) is 4. The Kier molecular flexibility index (Phi) is 69.9. The smallest absolute Gasteiger partial charge is 0.462 e. The SMILES string of the molecule is CCCCCCCCCCCCCC(=O)O[C@H](COC(=O)CCCCCCCCCC(C)C)COP(=O)(O)OC[C@H](O)COP(=O)(O)OC[C@@H](COC(=O)CCCCCCCCCCCCCCCCCC(C)C)OC(=O)CCCCCCCCCCCCCCCCCCCCC(C)C. The minimum Gasteiger partial charge on any atom is -0.462 e. The van der Waals surface area contributed by atoms with Crippen molar-refractivity contribution in [3.05, 3.63) is 0 Å². The molecular formula is C81H158O17P2. The second-order valence-electron chi connectivity index (χ2n) is 30.6. The molecule has 0 aliphatic heterocycles. The van der Waals surface area contributed by atoms with Crippen LogP contribution in [0.15, 0.2) is 0 Å². The van der Waals surface area contributed by atoms with E-state index in [0.29, 0.717) is 31.6 Å². The summed E-state index contributed by atoms with van der Waals surface area (Å²) in [7, 11) is -9.92. The number of unbranched alkanes of at least 4 members (excludes halogenated alkanes) is 47. The van der Waals surface area contributed by atoms with E-state index < -0.39 is 97.5 Å². The Hall–Kier alpha value is -1.94. The van der Waals surface area contributed by atoms with Gasteiger partial charge in [-0.2, -0.15) is 0 Å². The Bertz CT molecular complexity index is 1940. The maximum atomic E-state index is 13.1. The largest absolute Gasteiger partial charge is 0.472 e. The molecule has 0 radical (unpaired) electrons. The van der Waals surface area contributed by atoms with E-state index in [-0.39, 0.29) is 25.7 Å². The molecule has 2 unspecified atom stereocenters. The molecule has 594 valence electrons. The Morgan fingerprint density at radius 1 is 0.270 bits per heavy atom. The highest BCUT2D eigenvalue weighted by molar-refractivity contribution is 7.47. The summed E-state index contributed by atoms with van der Waals surface area (Å²) in [4.78, 5) is 72.9. The average molecular weight is 1470 g/mol. The van der Waals surface area contributed by atoms with Crippen LogP contribution >= 0.6 is 15.6 Å². The van der Waals surface area contributed by atoms with E-state index in [1.807, 2.05) is 0 Å². The first-order valence-electron chi connectivity index (χ1n) is 41.8. The zero-order valence-corrected chi connectivity index (χ0v) is 67.5. The van der Waals surface area contributed by atoms with E-state index >= 15 is 0 Å². The number of phosphoric acid groups is 2. The first-order chi connectivity index (χ1) is 48.2. The molecule has 0 bridgehead atoms. The first kappa shape index (κ1) is 98.1. The quantitative estimate of drug-likeness (QED) is 0.0222. The maximum Gasteiger partial charge on any atom is 0.472 e. The van der Waals surface area contributed by atoms with Crippen LogP contribution in [-0.4, -0.2) is 96.7 Å². The van der Waals surface area contributed by atoms with Crippen molar-refractivity contribution in [1.29, 1.82) is 0 Å². The van der Waals surface area contributed by atoms with Crippen molar-refractivity contribution in [1.82, 2.24) is 0 Å². The lowest BCUT2D eigenvalue weighted by Gasteiger charge is -2.21. The van der Waals surface area contributed by atoms with Gasteiger partial charge in [0.1, 0.15) is 19.3 Å². The van der Waals surface area contributed by atoms with Crippen LogP contribution in [0.2, 0.25) is 0 Å². The number of aliphatic hydroxyl groups excluding tert-OH is 1. The van der Waals surface area contributed by atoms with Crippen molar-refractivity contribution < 1.29 is 80.2 Å². The number of aliphatic hydroxyl groups is 1. The maximum absolute atomic E-state index is 13.1. The third kappa shape index (κ3) is 74.3. The fourth-order valence-electron chi connectivity index (χ4n) is 12.5. The summed E-state index contributed by atoms with van der Waals surface area (Å²) in [5, 5.41) is 10.6. The third-order valence-corrected chi connectivity index (χ3v) is 20.8. The van der Waals surface area contributed by atoms with Crippen molar-refractivity contribution in [3.63, 3.8) is 0 Å². The summed E-state index contributed by atoms with van der Waals surface area (Å²) < 4.78 is 68.6. The van der Waals surface area contributed by atoms with E-state index in [1.54, 1.807) is 0 Å². The number of carbonyl (C=O) groups excluding carboxylic acids is 4. The molecule has 0 aliphatic carbocycles. The molecular weight excluding hydrogens is 1310 g/mol. The highest BCUT2D eigenvalue weighted by atomic mass is 31.2. The van der Waals surface area contributed by atoms with E-state index in [0.717, 1.165) is 108 Å². The zero-order valence-electron chi connectivity index (χ0n) is 65.7. The zero-order chi connectivity index (χ0) is 73.7. The average Bonchev–Trinajstić information content (AvgIpc) is 1.03. The number of esters is 4. The molecule has 0 aromatic heterocycles. The molecule has 0 amide bonds. The molecule has 0 saturated heterocycles. The Morgan fingerprint density at radius 3 is 0.680 bits per heavy atom. The van der Waals surface area contributed by atoms with E-state index in [2.05, 4.69) is 48.5 Å². The molecule has 0 rings (SSSR count). The second-order valence-corrected chi connectivity index (χ2v) is 33.5. The molecule has 3 N–H and O–H groups in total. The fourth-order valence-corrected chi connectivity index (χ4v) is 14.1. The van der Waals surface area contributed by atoms with Crippen molar-refractivity contribution >= 4 is 39.5 Å². The molecule has 0 aliphatic rings. The molecule has 100 heavy (non-hydrogen) atoms. The minimum atomic E-state index is -4.96. The Labute approximate surface area is 613 Å². The number of phosphoric ester groups is 2. The summed E-state index contributed by atoms with van der Waals surface area (Å²) in [6, 6.07) is 0. The van der Waals surface area contributed by atoms with Gasteiger partial charge in [0, 0.05) is 25.7 Å². The van der Waals surface area contributed by atoms with Crippen LogP contribution in [-0.2, 0) is 65.4 Å². The van der Waals surface area contributed by atoms with Crippen LogP contribution in [0, 0.1) is 17.8 Å². The van der Waals surface area contributed by atoms with Crippen molar-refractivity contribution in [2.45, 2.75) is 439 Å². The molecule has 0 saturated carbocycles. The van der Waals surface area contributed by atoms with Gasteiger partial charge in [-0.15, -0.1) is 0 Å². The van der Waals surface area contributed by atoms with Gasteiger partial charge in [-0.3, -0.25) is 37.3 Å². The van der Waals surface area contributed by atoms with Gasteiger partial charge in [-0.05, 0) is 43.4 Å². The monoisotopic (exact) mass is 1470 g/mol. The molecule has 0 aromatic rings. The van der Waals surface area contributed by atoms with Gasteiger partial charge in [-0.25, -0.2) is 9.13 Å². The molecule has 19 heteroatoms. The lowest BCUT2D eigenvalue weighted by Crippen LogP contribution is -2.30. The molecule has 17 nitrogen and oxygen atoms in total. The molecule has 0 spiro atoms. The molecule has 0 heterocycles. The van der Waals surface area contributed by atoms with Crippen LogP contribution in [0.5, 0.6) is 0 Å². The van der Waals surface area contributed by atoms with Gasteiger partial charge in [0.25, 0.3) is 0 Å². The lowest BCUT2D eigenvalue weighted by atomic mass is 10.0. The minimum absolute atomic E-state index is 0.106. The number of hydrogen-bond acceptors (Lipinski definition) is 15. The predicted molar refractivity (Wildman–Crippen MR) is 409 cm³/mol. The highest BCUT2D eigenvalue weighted by Crippen LogP contribution is 2.45. The summed E-state index contributed by atoms with van der Waals surface area (Å²) in [5.74, 6) is 0.220. The Morgan fingerprint density at radius 2 is 0.460 bits per heavy atom. The number of rotatable bonds is 79. The van der Waals surface area contributed by atoms with Gasteiger partial charge >= 0.3 is 39.5 Å². The fraction of sp³-hybridized carbons (Fsp3) is 0.951. The van der Waals surface area contributed by atoms with Crippen LogP contribution < -0.4 is 0 Å². The summed E-state index contributed by atoms with van der Waals surface area (Å²) in [6.07, 6.45) is 59.8. The predicted octanol–water partition coefficient (Wildman–Crippen LogP) is 24.1. The van der Waals surface area contributed by atoms with Crippen molar-refractivity contribution in [3.8, 4) is 0 Å². The Balaban J connectivity index is 5.20.